The molecule has 1 saturated carbocycles. The molecule has 4 rings (SSSR count). The van der Waals surface area contributed by atoms with Crippen LogP contribution in [0.3, 0.4) is 0 Å². The minimum absolute atomic E-state index is 0.0484. The number of rotatable bonds is 3. The Kier molecular flexibility index (Phi) is 3.94. The third-order valence-electron chi connectivity index (χ3n) is 5.51. The predicted molar refractivity (Wildman–Crippen MR) is 99.7 cm³/mol. The Labute approximate surface area is 152 Å². The van der Waals surface area contributed by atoms with Crippen molar-refractivity contribution in [2.45, 2.75) is 44.6 Å². The van der Waals surface area contributed by atoms with Gasteiger partial charge < -0.3 is 21.1 Å². The van der Waals surface area contributed by atoms with Gasteiger partial charge in [-0.3, -0.25) is 4.79 Å². The highest BCUT2D eigenvalue weighted by Crippen LogP contribution is 2.46. The summed E-state index contributed by atoms with van der Waals surface area (Å²) in [6, 6.07) is 3.87. The summed E-state index contributed by atoms with van der Waals surface area (Å²) in [4.78, 5) is 20.9. The van der Waals surface area contributed by atoms with Crippen LogP contribution in [-0.2, 0) is 5.54 Å². The first kappa shape index (κ1) is 16.6. The van der Waals surface area contributed by atoms with Crippen LogP contribution in [0.15, 0.2) is 18.5 Å². The van der Waals surface area contributed by atoms with Crippen LogP contribution in [-0.4, -0.2) is 23.0 Å². The van der Waals surface area contributed by atoms with E-state index in [2.05, 4.69) is 20.6 Å². The number of anilines is 3. The highest BCUT2D eigenvalue weighted by molar-refractivity contribution is 6.03. The van der Waals surface area contributed by atoms with Crippen molar-refractivity contribution in [2.24, 2.45) is 0 Å². The van der Waals surface area contributed by atoms with Crippen molar-refractivity contribution in [1.29, 1.82) is 0 Å². The van der Waals surface area contributed by atoms with E-state index in [-0.39, 0.29) is 11.4 Å². The van der Waals surface area contributed by atoms with Crippen LogP contribution in [0.4, 0.5) is 17.3 Å². The molecule has 0 bridgehead atoms. The quantitative estimate of drug-likeness (QED) is 0.784. The molecule has 2 aromatic rings. The van der Waals surface area contributed by atoms with Gasteiger partial charge in [0, 0.05) is 17.3 Å². The minimum atomic E-state index is -0.282. The summed E-state index contributed by atoms with van der Waals surface area (Å²) in [6.07, 6.45) is 6.78. The van der Waals surface area contributed by atoms with Gasteiger partial charge in [-0.25, -0.2) is 9.97 Å². The van der Waals surface area contributed by atoms with E-state index in [0.717, 1.165) is 42.5 Å². The van der Waals surface area contributed by atoms with Crippen molar-refractivity contribution in [2.75, 3.05) is 18.2 Å². The highest BCUT2D eigenvalue weighted by atomic mass is 16.5. The molecule has 4 N–H and O–H groups in total. The molecule has 26 heavy (non-hydrogen) atoms. The van der Waals surface area contributed by atoms with Crippen molar-refractivity contribution in [3.05, 3.63) is 35.2 Å². The molecule has 1 aromatic carbocycles. The maximum Gasteiger partial charge on any atom is 0.256 e. The molecule has 2 aliphatic rings. The van der Waals surface area contributed by atoms with Gasteiger partial charge in [-0.05, 0) is 31.4 Å². The summed E-state index contributed by atoms with van der Waals surface area (Å²) in [7, 11) is 1.59. The smallest absolute Gasteiger partial charge is 0.256 e. The van der Waals surface area contributed by atoms with Gasteiger partial charge in [-0.2, -0.15) is 0 Å². The van der Waals surface area contributed by atoms with Crippen LogP contribution >= 0.6 is 0 Å². The molecule has 0 unspecified atom stereocenters. The van der Waals surface area contributed by atoms with Crippen molar-refractivity contribution in [3.63, 3.8) is 0 Å². The zero-order chi connectivity index (χ0) is 18.3. The summed E-state index contributed by atoms with van der Waals surface area (Å²) >= 11 is 0. The van der Waals surface area contributed by atoms with E-state index in [9.17, 15) is 4.79 Å². The monoisotopic (exact) mass is 353 g/mol. The zero-order valence-corrected chi connectivity index (χ0v) is 15.1. The van der Waals surface area contributed by atoms with Gasteiger partial charge in [0.25, 0.3) is 5.91 Å². The molecular formula is C19H23N5O2. The van der Waals surface area contributed by atoms with E-state index in [0.29, 0.717) is 22.9 Å². The third kappa shape index (κ3) is 2.55. The molecule has 1 aliphatic carbocycles. The Bertz CT molecular complexity index is 874. The molecule has 2 heterocycles. The Morgan fingerprint density at radius 1 is 1.23 bits per heavy atom. The lowest BCUT2D eigenvalue weighted by atomic mass is 9.77. The van der Waals surface area contributed by atoms with Crippen LogP contribution < -0.4 is 21.1 Å². The van der Waals surface area contributed by atoms with Crippen molar-refractivity contribution in [3.8, 4) is 5.75 Å². The number of nitrogens with zero attached hydrogens (tertiary/aromatic N) is 2. The number of amides is 1. The fourth-order valence-electron chi connectivity index (χ4n) is 4.08. The van der Waals surface area contributed by atoms with Crippen molar-refractivity contribution in [1.82, 2.24) is 15.3 Å². The van der Waals surface area contributed by atoms with Crippen molar-refractivity contribution < 1.29 is 9.53 Å². The average Bonchev–Trinajstić information content (AvgIpc) is 2.90. The molecule has 1 aromatic heterocycles. The molecule has 136 valence electrons. The molecule has 7 heteroatoms. The van der Waals surface area contributed by atoms with Crippen LogP contribution in [0, 0.1) is 6.92 Å². The highest BCUT2D eigenvalue weighted by Gasteiger charge is 2.45. The first-order chi connectivity index (χ1) is 12.5. The number of methoxy groups -OCH3 is 1. The summed E-state index contributed by atoms with van der Waals surface area (Å²) in [6.45, 7) is 1.87. The molecular weight excluding hydrogens is 330 g/mol. The fraction of sp³-hybridized carbons (Fsp3) is 0.421. The summed E-state index contributed by atoms with van der Waals surface area (Å²) in [5.74, 6) is 1.61. The third-order valence-corrected chi connectivity index (χ3v) is 5.51. The van der Waals surface area contributed by atoms with E-state index in [1.165, 1.54) is 12.7 Å². The minimum Gasteiger partial charge on any atom is -0.496 e. The van der Waals surface area contributed by atoms with Crippen LogP contribution in [0.5, 0.6) is 5.75 Å². The number of nitrogens with two attached hydrogens (primary N) is 1. The molecule has 0 radical (unpaired) electrons. The van der Waals surface area contributed by atoms with Gasteiger partial charge in [0.05, 0.1) is 18.2 Å². The first-order valence-corrected chi connectivity index (χ1v) is 8.93. The van der Waals surface area contributed by atoms with E-state index in [1.807, 2.05) is 19.1 Å². The van der Waals surface area contributed by atoms with Gasteiger partial charge in [-0.15, -0.1) is 0 Å². The number of nitrogens with one attached hydrogen (secondary N) is 2. The molecule has 1 spiro atoms. The largest absolute Gasteiger partial charge is 0.496 e. The predicted octanol–water partition coefficient (Wildman–Crippen LogP) is 3.02. The van der Waals surface area contributed by atoms with Crippen molar-refractivity contribution >= 4 is 23.2 Å². The molecule has 1 fully saturated rings. The number of aromatic nitrogens is 2. The molecule has 1 aliphatic heterocycles. The number of ether oxygens (including phenoxy) is 1. The van der Waals surface area contributed by atoms with Gasteiger partial charge in [0.2, 0.25) is 0 Å². The van der Waals surface area contributed by atoms with Gasteiger partial charge >= 0.3 is 0 Å². The lowest BCUT2D eigenvalue weighted by Crippen LogP contribution is -2.40. The maximum absolute atomic E-state index is 12.6. The van der Waals surface area contributed by atoms with E-state index >= 15 is 0 Å². The number of fused-ring (bicyclic) bond motifs is 2. The Morgan fingerprint density at radius 3 is 2.73 bits per heavy atom. The van der Waals surface area contributed by atoms with Gasteiger partial charge in [0.15, 0.2) is 0 Å². The lowest BCUT2D eigenvalue weighted by Gasteiger charge is -2.34. The second-order valence-corrected chi connectivity index (χ2v) is 7.06. The molecule has 0 atom stereocenters. The number of nitrogen functional groups attached to an aromatic ring is 1. The molecule has 1 amide bonds. The number of benzene rings is 1. The number of hydrogen-bond acceptors (Lipinski definition) is 6. The standard InChI is InChI=1S/C19H23N5O2/c1-11-16(20)21-10-22-17(11)23-12-8-13-15(14(9-12)26-2)18(25)24-19(13)6-4-3-5-7-19/h8-10H,3-7H2,1-2H3,(H,24,25)(H3,20,21,22,23). The SMILES string of the molecule is COc1cc(Nc2ncnc(N)c2C)cc2c1C(=O)NC21CCCCC1. The lowest BCUT2D eigenvalue weighted by molar-refractivity contribution is 0.0907. The maximum atomic E-state index is 12.6. The second kappa shape index (κ2) is 6.16. The number of carbonyl (C=O) groups is 1. The van der Waals surface area contributed by atoms with E-state index < -0.39 is 0 Å². The number of hydrogen-bond donors (Lipinski definition) is 3. The summed E-state index contributed by atoms with van der Waals surface area (Å²) < 4.78 is 5.54. The Hall–Kier alpha value is -2.83. The van der Waals surface area contributed by atoms with Crippen LogP contribution in [0.2, 0.25) is 0 Å². The van der Waals surface area contributed by atoms with Crippen LogP contribution in [0.1, 0.15) is 53.6 Å². The second-order valence-electron chi connectivity index (χ2n) is 7.06. The fourth-order valence-corrected chi connectivity index (χ4v) is 4.08. The first-order valence-electron chi connectivity index (χ1n) is 8.93. The van der Waals surface area contributed by atoms with Gasteiger partial charge in [-0.1, -0.05) is 19.3 Å². The normalized spacial score (nSPS) is 17.7. The topological polar surface area (TPSA) is 102 Å². The summed E-state index contributed by atoms with van der Waals surface area (Å²) in [5.41, 5.74) is 8.87. The van der Waals surface area contributed by atoms with Crippen LogP contribution in [0.25, 0.3) is 0 Å². The molecule has 0 saturated heterocycles. The zero-order valence-electron chi connectivity index (χ0n) is 15.1. The van der Waals surface area contributed by atoms with E-state index in [1.54, 1.807) is 7.11 Å². The van der Waals surface area contributed by atoms with E-state index in [4.69, 9.17) is 10.5 Å². The number of carbonyl (C=O) groups excluding carboxylic acids is 1. The Balaban J connectivity index is 1.80. The van der Waals surface area contributed by atoms with Gasteiger partial charge in [0.1, 0.15) is 23.7 Å². The average molecular weight is 353 g/mol. The Morgan fingerprint density at radius 2 is 2.00 bits per heavy atom. The molecule has 7 nitrogen and oxygen atoms in total. The summed E-state index contributed by atoms with van der Waals surface area (Å²) in [5, 5.41) is 6.53.